The van der Waals surface area contributed by atoms with Crippen molar-refractivity contribution in [1.29, 1.82) is 0 Å². The summed E-state index contributed by atoms with van der Waals surface area (Å²) in [4.78, 5) is 34.9. The smallest absolute Gasteiger partial charge is 0.463 e. The van der Waals surface area contributed by atoms with Crippen molar-refractivity contribution < 1.29 is 23.2 Å². The maximum Gasteiger partial charge on any atom is 0.509 e. The van der Waals surface area contributed by atoms with Gasteiger partial charge in [0, 0.05) is 0 Å². The Morgan fingerprint density at radius 3 is 2.65 bits per heavy atom. The normalized spacial score (nSPS) is 19.6. The molecular weight excluding hydrogens is 359 g/mol. The third kappa shape index (κ3) is 2.61. The minimum absolute atomic E-state index is 0.00000219. The van der Waals surface area contributed by atoms with Gasteiger partial charge in [-0.1, -0.05) is 24.3 Å². The Kier molecular flexibility index (Phi) is 3.72. The second kappa shape index (κ2) is 5.94. The lowest BCUT2D eigenvalue weighted by Gasteiger charge is -2.27. The summed E-state index contributed by atoms with van der Waals surface area (Å²) in [6, 6.07) is 12.7. The van der Waals surface area contributed by atoms with Gasteiger partial charge in [-0.2, -0.15) is 5.10 Å². The number of amides is 1. The maximum atomic E-state index is 12.4. The number of hydrogen-bond donors (Lipinski definition) is 1. The van der Waals surface area contributed by atoms with E-state index in [1.807, 2.05) is 0 Å². The number of carbonyl (C=O) groups excluding carboxylic acids is 1. The summed E-state index contributed by atoms with van der Waals surface area (Å²) < 4.78 is 23.0. The molecule has 2 heterocycles. The Morgan fingerprint density at radius 2 is 1.81 bits per heavy atom. The highest BCUT2D eigenvalue weighted by atomic mass is 31.2. The number of hydrogen-bond acceptors (Lipinski definition) is 6. The fourth-order valence-corrected chi connectivity index (χ4v) is 3.54. The molecule has 1 atom stereocenters. The van der Waals surface area contributed by atoms with Crippen LogP contribution in [0.4, 0.5) is 0 Å². The molecule has 26 heavy (non-hydrogen) atoms. The van der Waals surface area contributed by atoms with Crippen LogP contribution in [0.1, 0.15) is 15.9 Å². The van der Waals surface area contributed by atoms with Crippen molar-refractivity contribution in [3.63, 3.8) is 0 Å². The molecule has 0 aliphatic carbocycles. The Labute approximate surface area is 146 Å². The van der Waals surface area contributed by atoms with Crippen molar-refractivity contribution >= 4 is 30.8 Å². The predicted octanol–water partition coefficient (Wildman–Crippen LogP) is 2.76. The van der Waals surface area contributed by atoms with E-state index in [2.05, 4.69) is 5.10 Å². The fourth-order valence-electron chi connectivity index (χ4n) is 2.53. The van der Waals surface area contributed by atoms with Gasteiger partial charge in [-0.3, -0.25) is 14.5 Å². The van der Waals surface area contributed by atoms with Crippen molar-refractivity contribution in [3.8, 4) is 5.75 Å². The SMILES string of the molecule is O=C1c2ccccc2OP(=O)(O)N1N=Cc1coc2ccccc2c1=O. The van der Waals surface area contributed by atoms with Gasteiger partial charge >= 0.3 is 7.75 Å². The number of fused-ring (bicyclic) bond motifs is 2. The third-order valence-corrected chi connectivity index (χ3v) is 4.97. The fraction of sp³-hybridized carbons (Fsp3) is 0. The average Bonchev–Trinajstić information content (AvgIpc) is 2.63. The molecule has 0 saturated heterocycles. The van der Waals surface area contributed by atoms with E-state index in [1.54, 1.807) is 36.4 Å². The van der Waals surface area contributed by atoms with Crippen LogP contribution < -0.4 is 9.95 Å². The van der Waals surface area contributed by atoms with Gasteiger partial charge in [-0.05, 0) is 24.3 Å². The Bertz CT molecular complexity index is 1170. The van der Waals surface area contributed by atoms with Crippen molar-refractivity contribution in [2.24, 2.45) is 5.10 Å². The average molecular weight is 370 g/mol. The second-order valence-corrected chi connectivity index (χ2v) is 6.98. The van der Waals surface area contributed by atoms with E-state index in [9.17, 15) is 19.0 Å². The van der Waals surface area contributed by atoms with Gasteiger partial charge in [-0.15, -0.1) is 4.78 Å². The summed E-state index contributed by atoms with van der Waals surface area (Å²) >= 11 is 0. The van der Waals surface area contributed by atoms with Crippen molar-refractivity contribution in [2.45, 2.75) is 0 Å². The van der Waals surface area contributed by atoms with Crippen LogP contribution in [-0.2, 0) is 4.57 Å². The minimum atomic E-state index is -4.53. The minimum Gasteiger partial charge on any atom is -0.463 e. The summed E-state index contributed by atoms with van der Waals surface area (Å²) in [5.41, 5.74) is 0.133. The van der Waals surface area contributed by atoms with Gasteiger partial charge in [0.25, 0.3) is 5.91 Å². The van der Waals surface area contributed by atoms with Crippen molar-refractivity contribution in [3.05, 3.63) is 76.1 Å². The molecule has 8 nitrogen and oxygen atoms in total. The molecule has 0 radical (unpaired) electrons. The highest BCUT2D eigenvalue weighted by Crippen LogP contribution is 2.52. The molecule has 3 aromatic rings. The molecule has 130 valence electrons. The number of carbonyl (C=O) groups is 1. The molecule has 1 aliphatic heterocycles. The Hall–Kier alpha value is -3.22. The van der Waals surface area contributed by atoms with E-state index in [0.717, 1.165) is 6.21 Å². The molecule has 9 heteroatoms. The van der Waals surface area contributed by atoms with Gasteiger partial charge in [0.15, 0.2) is 0 Å². The number of rotatable bonds is 2. The van der Waals surface area contributed by atoms with E-state index < -0.39 is 13.7 Å². The summed E-state index contributed by atoms with van der Waals surface area (Å²) in [7, 11) is -4.53. The number of nitrogens with zero attached hydrogens (tertiary/aromatic N) is 2. The van der Waals surface area contributed by atoms with Crippen molar-refractivity contribution in [2.75, 3.05) is 0 Å². The summed E-state index contributed by atoms with van der Waals surface area (Å²) in [5, 5.41) is 4.04. The Morgan fingerprint density at radius 1 is 1.08 bits per heavy atom. The molecule has 0 saturated carbocycles. The monoisotopic (exact) mass is 370 g/mol. The van der Waals surface area contributed by atoms with E-state index in [1.165, 1.54) is 18.4 Å². The number of hydrazone groups is 1. The standard InChI is InChI=1S/C17H11N2O6P/c20-16-11(10-24-14-7-3-1-5-12(14)16)9-18-19-17(21)13-6-2-4-8-15(13)25-26(19,22)23/h1-10H,(H,22,23). The van der Waals surface area contributed by atoms with Crippen LogP contribution in [0.5, 0.6) is 5.75 Å². The first-order chi connectivity index (χ1) is 12.5. The second-order valence-electron chi connectivity index (χ2n) is 5.43. The summed E-state index contributed by atoms with van der Waals surface area (Å²) in [6.45, 7) is 0. The van der Waals surface area contributed by atoms with E-state index in [4.69, 9.17) is 8.94 Å². The van der Waals surface area contributed by atoms with Gasteiger partial charge in [0.2, 0.25) is 5.43 Å². The quantitative estimate of drug-likeness (QED) is 0.549. The van der Waals surface area contributed by atoms with E-state index in [0.29, 0.717) is 15.7 Å². The van der Waals surface area contributed by atoms with Crippen LogP contribution in [0.2, 0.25) is 0 Å². The number of para-hydroxylation sites is 2. The molecule has 0 fully saturated rings. The van der Waals surface area contributed by atoms with Crippen molar-refractivity contribution in [1.82, 2.24) is 4.78 Å². The van der Waals surface area contributed by atoms with Crippen LogP contribution in [-0.4, -0.2) is 21.8 Å². The topological polar surface area (TPSA) is 109 Å². The van der Waals surface area contributed by atoms with Gasteiger partial charge in [0.05, 0.1) is 22.7 Å². The lowest BCUT2D eigenvalue weighted by molar-refractivity contribution is 0.0813. The lowest BCUT2D eigenvalue weighted by atomic mass is 10.2. The van der Waals surface area contributed by atoms with Crippen LogP contribution in [0.15, 0.2) is 69.1 Å². The van der Waals surface area contributed by atoms with Gasteiger partial charge in [-0.25, -0.2) is 4.57 Å². The van der Waals surface area contributed by atoms with Gasteiger partial charge < -0.3 is 8.94 Å². The molecule has 1 amide bonds. The third-order valence-electron chi connectivity index (χ3n) is 3.77. The highest BCUT2D eigenvalue weighted by molar-refractivity contribution is 7.51. The molecule has 2 aromatic carbocycles. The number of benzene rings is 2. The van der Waals surface area contributed by atoms with E-state index in [-0.39, 0.29) is 22.3 Å². The molecule has 1 N–H and O–H groups in total. The maximum absolute atomic E-state index is 12.4. The Balaban J connectivity index is 1.75. The predicted molar refractivity (Wildman–Crippen MR) is 93.1 cm³/mol. The first-order valence-electron chi connectivity index (χ1n) is 7.48. The lowest BCUT2D eigenvalue weighted by Crippen LogP contribution is -2.30. The molecule has 4 rings (SSSR count). The first-order valence-corrected chi connectivity index (χ1v) is 9.01. The molecule has 0 spiro atoms. The largest absolute Gasteiger partial charge is 0.509 e. The van der Waals surface area contributed by atoms with Crippen LogP contribution in [0, 0.1) is 0 Å². The zero-order valence-electron chi connectivity index (χ0n) is 13.1. The highest BCUT2D eigenvalue weighted by Gasteiger charge is 2.42. The van der Waals surface area contributed by atoms with Crippen LogP contribution in [0.3, 0.4) is 0 Å². The first kappa shape index (κ1) is 16.3. The van der Waals surface area contributed by atoms with Crippen LogP contribution in [0.25, 0.3) is 11.0 Å². The van der Waals surface area contributed by atoms with Gasteiger partial charge in [0.1, 0.15) is 17.6 Å². The summed E-state index contributed by atoms with van der Waals surface area (Å²) in [6.07, 6.45) is 2.16. The molecule has 0 bridgehead atoms. The zero-order chi connectivity index (χ0) is 18.3. The molecule has 1 unspecified atom stereocenters. The van der Waals surface area contributed by atoms with E-state index >= 15 is 0 Å². The molecular formula is C17H11N2O6P. The molecule has 1 aromatic heterocycles. The zero-order valence-corrected chi connectivity index (χ0v) is 14.0. The summed E-state index contributed by atoms with van der Waals surface area (Å²) in [5.74, 6) is -0.806. The van der Waals surface area contributed by atoms with Crippen LogP contribution >= 0.6 is 7.75 Å². The molecule has 1 aliphatic rings.